The number of hydrogen-bond acceptors (Lipinski definition) is 2. The zero-order valence-corrected chi connectivity index (χ0v) is 7.23. The Bertz CT molecular complexity index is 163. The lowest BCUT2D eigenvalue weighted by molar-refractivity contribution is 0.323. The Balaban J connectivity index is 2.72. The maximum atomic E-state index is 4.21. The van der Waals surface area contributed by atoms with Crippen LogP contribution in [0.1, 0.15) is 34.1 Å². The summed E-state index contributed by atoms with van der Waals surface area (Å²) in [4.78, 5) is 0. The normalized spacial score (nSPS) is 39.2. The first-order valence-corrected chi connectivity index (χ1v) is 3.91. The fraction of sp³-hybridized carbons (Fsp3) is 0.875. The molecule has 0 spiro atoms. The van der Waals surface area contributed by atoms with Crippen LogP contribution < -0.4 is 5.43 Å². The Morgan fingerprint density at radius 3 is 2.50 bits per heavy atom. The van der Waals surface area contributed by atoms with Gasteiger partial charge in [-0.15, -0.1) is 0 Å². The second kappa shape index (κ2) is 2.26. The number of nitrogens with zero attached hydrogens (tertiary/aromatic N) is 1. The van der Waals surface area contributed by atoms with E-state index in [1.807, 2.05) is 0 Å². The van der Waals surface area contributed by atoms with Crippen molar-refractivity contribution in [2.45, 2.75) is 39.7 Å². The first kappa shape index (κ1) is 7.58. The summed E-state index contributed by atoms with van der Waals surface area (Å²) < 4.78 is 0. The summed E-state index contributed by atoms with van der Waals surface area (Å²) in [5.74, 6) is 0.581. The van der Waals surface area contributed by atoms with E-state index in [9.17, 15) is 0 Å². The zero-order chi connectivity index (χ0) is 7.78. The second-order valence-corrected chi connectivity index (χ2v) is 3.36. The molecule has 0 bridgehead atoms. The zero-order valence-electron chi connectivity index (χ0n) is 7.23. The van der Waals surface area contributed by atoms with Gasteiger partial charge < -0.3 is 5.43 Å². The van der Waals surface area contributed by atoms with Crippen molar-refractivity contribution >= 4 is 5.71 Å². The van der Waals surface area contributed by atoms with Gasteiger partial charge in [-0.1, -0.05) is 13.8 Å². The van der Waals surface area contributed by atoms with E-state index in [1.54, 1.807) is 0 Å². The molecular formula is C8H16N2. The van der Waals surface area contributed by atoms with Gasteiger partial charge in [0.25, 0.3) is 0 Å². The Morgan fingerprint density at radius 1 is 1.70 bits per heavy atom. The van der Waals surface area contributed by atoms with Crippen LogP contribution in [0.4, 0.5) is 0 Å². The van der Waals surface area contributed by atoms with Gasteiger partial charge >= 0.3 is 0 Å². The van der Waals surface area contributed by atoms with Crippen molar-refractivity contribution in [2.75, 3.05) is 0 Å². The highest BCUT2D eigenvalue weighted by Gasteiger charge is 2.34. The van der Waals surface area contributed by atoms with Gasteiger partial charge in [-0.2, -0.15) is 5.10 Å². The Kier molecular flexibility index (Phi) is 1.71. The molecule has 2 atom stereocenters. The fourth-order valence-corrected chi connectivity index (χ4v) is 1.26. The molecule has 0 saturated carbocycles. The first-order chi connectivity index (χ1) is 4.60. The molecule has 1 heterocycles. The van der Waals surface area contributed by atoms with Crippen LogP contribution >= 0.6 is 0 Å². The standard InChI is InChI=1S/C8H16N2/c1-5-8(4)6(2)7(3)9-10-8/h6,10H,5H2,1-4H3. The smallest absolute Gasteiger partial charge is 0.0596 e. The number of hydrogen-bond donors (Lipinski definition) is 1. The molecule has 0 radical (unpaired) electrons. The summed E-state index contributed by atoms with van der Waals surface area (Å²) in [6.45, 7) is 8.72. The lowest BCUT2D eigenvalue weighted by Crippen LogP contribution is -2.40. The van der Waals surface area contributed by atoms with Crippen LogP contribution in [0.25, 0.3) is 0 Å². The first-order valence-electron chi connectivity index (χ1n) is 3.91. The lowest BCUT2D eigenvalue weighted by Gasteiger charge is -2.27. The summed E-state index contributed by atoms with van der Waals surface area (Å²) >= 11 is 0. The topological polar surface area (TPSA) is 24.4 Å². The maximum Gasteiger partial charge on any atom is 0.0596 e. The highest BCUT2D eigenvalue weighted by molar-refractivity contribution is 5.86. The van der Waals surface area contributed by atoms with Crippen molar-refractivity contribution in [1.82, 2.24) is 5.43 Å². The maximum absolute atomic E-state index is 4.21. The van der Waals surface area contributed by atoms with Crippen LogP contribution in [-0.2, 0) is 0 Å². The largest absolute Gasteiger partial charge is 0.304 e. The highest BCUT2D eigenvalue weighted by Crippen LogP contribution is 2.26. The minimum absolute atomic E-state index is 0.212. The third-order valence-corrected chi connectivity index (χ3v) is 2.80. The predicted octanol–water partition coefficient (Wildman–Crippen LogP) is 1.77. The molecule has 0 fully saturated rings. The molecule has 0 aromatic carbocycles. The predicted molar refractivity (Wildman–Crippen MR) is 44.1 cm³/mol. The Labute approximate surface area is 62.7 Å². The van der Waals surface area contributed by atoms with Crippen molar-refractivity contribution < 1.29 is 0 Å². The number of nitrogens with one attached hydrogen (secondary N) is 1. The summed E-state index contributed by atoms with van der Waals surface area (Å²) in [6, 6.07) is 0. The molecule has 1 rings (SSSR count). The van der Waals surface area contributed by atoms with Gasteiger partial charge in [-0.05, 0) is 20.3 Å². The van der Waals surface area contributed by atoms with Crippen LogP contribution in [0, 0.1) is 5.92 Å². The average Bonchev–Trinajstić information content (AvgIpc) is 2.19. The van der Waals surface area contributed by atoms with Crippen molar-refractivity contribution in [3.8, 4) is 0 Å². The summed E-state index contributed by atoms with van der Waals surface area (Å²) in [5.41, 5.74) is 4.61. The molecule has 0 aromatic heterocycles. The molecule has 0 aromatic rings. The van der Waals surface area contributed by atoms with Gasteiger partial charge in [-0.3, -0.25) is 0 Å². The lowest BCUT2D eigenvalue weighted by atomic mass is 9.84. The second-order valence-electron chi connectivity index (χ2n) is 3.36. The van der Waals surface area contributed by atoms with Crippen molar-refractivity contribution in [2.24, 2.45) is 11.0 Å². The van der Waals surface area contributed by atoms with Crippen molar-refractivity contribution in [3.05, 3.63) is 0 Å². The van der Waals surface area contributed by atoms with Gasteiger partial charge in [-0.25, -0.2) is 0 Å². The summed E-state index contributed by atoms with van der Waals surface area (Å²) in [7, 11) is 0. The molecule has 2 heteroatoms. The van der Waals surface area contributed by atoms with Crippen molar-refractivity contribution in [3.63, 3.8) is 0 Å². The molecule has 58 valence electrons. The average molecular weight is 140 g/mol. The SMILES string of the molecule is CCC1(C)NN=C(C)C1C. The molecule has 0 aliphatic carbocycles. The van der Waals surface area contributed by atoms with Crippen molar-refractivity contribution in [1.29, 1.82) is 0 Å². The van der Waals surface area contributed by atoms with E-state index in [4.69, 9.17) is 0 Å². The third-order valence-electron chi connectivity index (χ3n) is 2.80. The molecule has 1 aliphatic heterocycles. The molecule has 10 heavy (non-hydrogen) atoms. The molecule has 0 amide bonds. The minimum Gasteiger partial charge on any atom is -0.304 e. The molecule has 2 nitrogen and oxygen atoms in total. The van der Waals surface area contributed by atoms with Gasteiger partial charge in [0.05, 0.1) is 5.54 Å². The van der Waals surface area contributed by atoms with E-state index in [0.29, 0.717) is 5.92 Å². The van der Waals surface area contributed by atoms with E-state index in [0.717, 1.165) is 6.42 Å². The number of rotatable bonds is 1. The highest BCUT2D eigenvalue weighted by atomic mass is 15.4. The van der Waals surface area contributed by atoms with Crippen LogP contribution in [0.15, 0.2) is 5.10 Å². The van der Waals surface area contributed by atoms with Gasteiger partial charge in [0.1, 0.15) is 0 Å². The van der Waals surface area contributed by atoms with E-state index in [-0.39, 0.29) is 5.54 Å². The summed E-state index contributed by atoms with van der Waals surface area (Å²) in [5, 5.41) is 4.21. The van der Waals surface area contributed by atoms with E-state index >= 15 is 0 Å². The third kappa shape index (κ3) is 0.917. The fourth-order valence-electron chi connectivity index (χ4n) is 1.26. The quantitative estimate of drug-likeness (QED) is 0.589. The molecule has 2 unspecified atom stereocenters. The van der Waals surface area contributed by atoms with E-state index in [2.05, 4.69) is 38.2 Å². The van der Waals surface area contributed by atoms with Crippen LogP contribution in [-0.4, -0.2) is 11.3 Å². The van der Waals surface area contributed by atoms with Gasteiger partial charge in [0, 0.05) is 11.6 Å². The summed E-state index contributed by atoms with van der Waals surface area (Å²) in [6.07, 6.45) is 1.13. The van der Waals surface area contributed by atoms with Crippen LogP contribution in [0.3, 0.4) is 0 Å². The molecule has 1 N–H and O–H groups in total. The van der Waals surface area contributed by atoms with Gasteiger partial charge in [0.15, 0.2) is 0 Å². The monoisotopic (exact) mass is 140 g/mol. The van der Waals surface area contributed by atoms with Crippen LogP contribution in [0.2, 0.25) is 0 Å². The molecular weight excluding hydrogens is 124 g/mol. The minimum atomic E-state index is 0.212. The number of hydrazone groups is 1. The van der Waals surface area contributed by atoms with E-state index < -0.39 is 0 Å². The van der Waals surface area contributed by atoms with Gasteiger partial charge in [0.2, 0.25) is 0 Å². The van der Waals surface area contributed by atoms with E-state index in [1.165, 1.54) is 5.71 Å². The Hall–Kier alpha value is -0.530. The molecule has 0 saturated heterocycles. The van der Waals surface area contributed by atoms with Crippen LogP contribution in [0.5, 0.6) is 0 Å². The molecule has 1 aliphatic rings. The Morgan fingerprint density at radius 2 is 2.30 bits per heavy atom.